The molecule has 0 bridgehead atoms. The topological polar surface area (TPSA) is 68.7 Å². The Kier molecular flexibility index (Phi) is 6.48. The average Bonchev–Trinajstić information content (AvgIpc) is 3.16. The number of anilines is 1. The quantitative estimate of drug-likeness (QED) is 0.409. The number of benzene rings is 2. The van der Waals surface area contributed by atoms with E-state index in [1.165, 1.54) is 6.33 Å². The molecule has 0 unspecified atom stereocenters. The molecule has 4 rings (SSSR count). The van der Waals surface area contributed by atoms with Gasteiger partial charge >= 0.3 is 0 Å². The lowest BCUT2D eigenvalue weighted by molar-refractivity contribution is 0.306. The number of nitrogens with two attached hydrogens (primary N) is 1. The third kappa shape index (κ3) is 5.03. The number of fused-ring (bicyclic) bond motifs is 1. The van der Waals surface area contributed by atoms with Crippen molar-refractivity contribution in [1.29, 1.82) is 0 Å². The van der Waals surface area contributed by atoms with E-state index in [-0.39, 0.29) is 0 Å². The molecular formula is C25H29N5O. The van der Waals surface area contributed by atoms with Crippen molar-refractivity contribution in [3.8, 4) is 16.9 Å². The second kappa shape index (κ2) is 9.62. The van der Waals surface area contributed by atoms with Gasteiger partial charge in [0.1, 0.15) is 24.2 Å². The Labute approximate surface area is 183 Å². The fourth-order valence-electron chi connectivity index (χ4n) is 3.76. The molecule has 2 aromatic carbocycles. The Morgan fingerprint density at radius 3 is 2.65 bits per heavy atom. The normalized spacial score (nSPS) is 11.3. The number of hydrogen-bond acceptors (Lipinski definition) is 5. The molecule has 0 spiro atoms. The van der Waals surface area contributed by atoms with Crippen LogP contribution in [-0.2, 0) is 13.0 Å². The molecule has 0 amide bonds. The zero-order chi connectivity index (χ0) is 21.6. The van der Waals surface area contributed by atoms with Gasteiger partial charge in [-0.2, -0.15) is 5.10 Å². The largest absolute Gasteiger partial charge is 0.489 e. The molecule has 31 heavy (non-hydrogen) atoms. The first-order valence-electron chi connectivity index (χ1n) is 10.6. The van der Waals surface area contributed by atoms with Crippen LogP contribution >= 0.6 is 0 Å². The van der Waals surface area contributed by atoms with Crippen LogP contribution in [0.2, 0.25) is 0 Å². The number of rotatable bonds is 9. The Morgan fingerprint density at radius 2 is 1.84 bits per heavy atom. The molecule has 0 aliphatic rings. The first-order chi connectivity index (χ1) is 15.1. The zero-order valence-electron chi connectivity index (χ0n) is 18.2. The molecule has 160 valence electrons. The second-order valence-electron chi connectivity index (χ2n) is 8.02. The number of aromatic nitrogens is 3. The van der Waals surface area contributed by atoms with Gasteiger partial charge in [-0.3, -0.25) is 0 Å². The van der Waals surface area contributed by atoms with Crippen LogP contribution in [0.25, 0.3) is 16.6 Å². The van der Waals surface area contributed by atoms with Gasteiger partial charge in [-0.1, -0.05) is 42.5 Å². The van der Waals surface area contributed by atoms with Gasteiger partial charge in [0.15, 0.2) is 5.82 Å². The van der Waals surface area contributed by atoms with Crippen LogP contribution in [-0.4, -0.2) is 40.1 Å². The first kappa shape index (κ1) is 20.9. The van der Waals surface area contributed by atoms with E-state index in [4.69, 9.17) is 10.5 Å². The highest BCUT2D eigenvalue weighted by atomic mass is 16.5. The number of nitrogen functional groups attached to an aromatic ring is 1. The summed E-state index contributed by atoms with van der Waals surface area (Å²) >= 11 is 0. The molecule has 6 heteroatoms. The summed E-state index contributed by atoms with van der Waals surface area (Å²) in [5, 5.41) is 4.48. The van der Waals surface area contributed by atoms with Crippen LogP contribution in [0.1, 0.15) is 24.1 Å². The molecule has 0 saturated carbocycles. The van der Waals surface area contributed by atoms with Gasteiger partial charge in [-0.25, -0.2) is 9.50 Å². The van der Waals surface area contributed by atoms with Crippen molar-refractivity contribution in [3.05, 3.63) is 78.2 Å². The van der Waals surface area contributed by atoms with E-state index in [0.717, 1.165) is 59.5 Å². The summed E-state index contributed by atoms with van der Waals surface area (Å²) < 4.78 is 7.97. The fourth-order valence-corrected chi connectivity index (χ4v) is 3.76. The third-order valence-electron chi connectivity index (χ3n) is 5.34. The summed E-state index contributed by atoms with van der Waals surface area (Å²) in [6, 6.07) is 20.5. The van der Waals surface area contributed by atoms with Crippen molar-refractivity contribution in [3.63, 3.8) is 0 Å². The second-order valence-corrected chi connectivity index (χ2v) is 8.02. The monoisotopic (exact) mass is 415 g/mol. The number of nitrogens with zero attached hydrogens (tertiary/aromatic N) is 4. The Balaban J connectivity index is 1.60. The zero-order valence-corrected chi connectivity index (χ0v) is 18.2. The van der Waals surface area contributed by atoms with Gasteiger partial charge in [-0.05, 0) is 69.2 Å². The maximum absolute atomic E-state index is 6.27. The van der Waals surface area contributed by atoms with E-state index in [1.807, 2.05) is 34.8 Å². The minimum Gasteiger partial charge on any atom is -0.489 e. The highest BCUT2D eigenvalue weighted by molar-refractivity contribution is 5.88. The Hall–Kier alpha value is -3.38. The van der Waals surface area contributed by atoms with E-state index in [1.54, 1.807) is 0 Å². The van der Waals surface area contributed by atoms with Gasteiger partial charge in [0.25, 0.3) is 0 Å². The SMILES string of the molecule is CN(C)CCCCc1cc(-c2cccc(OCc3ccccc3)c2)c2c(N)ncnn12. The number of unbranched alkanes of at least 4 members (excludes halogenated alkanes) is 1. The van der Waals surface area contributed by atoms with Crippen molar-refractivity contribution < 1.29 is 4.74 Å². The highest BCUT2D eigenvalue weighted by Gasteiger charge is 2.15. The standard InChI is InChI=1S/C25H29N5O/c1-29(2)14-7-6-12-21-16-23(24-25(26)27-18-28-30(21)24)20-11-8-13-22(15-20)31-17-19-9-4-3-5-10-19/h3-5,8-11,13,15-16,18H,6-7,12,14,17H2,1-2H3,(H2,26,27,28). The van der Waals surface area contributed by atoms with E-state index in [2.05, 4.69) is 59.4 Å². The summed E-state index contributed by atoms with van der Waals surface area (Å²) in [6.45, 7) is 1.61. The van der Waals surface area contributed by atoms with Gasteiger partial charge in [0, 0.05) is 11.3 Å². The van der Waals surface area contributed by atoms with Gasteiger partial charge in [0.05, 0.1) is 0 Å². The smallest absolute Gasteiger partial charge is 0.151 e. The Morgan fingerprint density at radius 1 is 1.00 bits per heavy atom. The fraction of sp³-hybridized carbons (Fsp3) is 0.280. The lowest BCUT2D eigenvalue weighted by Crippen LogP contribution is -2.13. The van der Waals surface area contributed by atoms with Gasteiger partial charge < -0.3 is 15.4 Å². The van der Waals surface area contributed by atoms with Crippen LogP contribution in [0, 0.1) is 0 Å². The third-order valence-corrected chi connectivity index (χ3v) is 5.34. The number of ether oxygens (including phenoxy) is 1. The van der Waals surface area contributed by atoms with Crippen LogP contribution in [0.3, 0.4) is 0 Å². The van der Waals surface area contributed by atoms with E-state index in [0.29, 0.717) is 12.4 Å². The molecule has 6 nitrogen and oxygen atoms in total. The van der Waals surface area contributed by atoms with Crippen LogP contribution in [0.4, 0.5) is 5.82 Å². The molecule has 0 saturated heterocycles. The maximum Gasteiger partial charge on any atom is 0.151 e. The van der Waals surface area contributed by atoms with E-state index in [9.17, 15) is 0 Å². The van der Waals surface area contributed by atoms with Crippen molar-refractivity contribution in [1.82, 2.24) is 19.5 Å². The van der Waals surface area contributed by atoms with Gasteiger partial charge in [0.2, 0.25) is 0 Å². The van der Waals surface area contributed by atoms with Crippen LogP contribution in [0.5, 0.6) is 5.75 Å². The molecule has 0 radical (unpaired) electrons. The van der Waals surface area contributed by atoms with Crippen LogP contribution in [0.15, 0.2) is 67.0 Å². The van der Waals surface area contributed by atoms with Gasteiger partial charge in [-0.15, -0.1) is 0 Å². The minimum absolute atomic E-state index is 0.486. The molecule has 2 heterocycles. The molecule has 0 atom stereocenters. The molecular weight excluding hydrogens is 386 g/mol. The summed E-state index contributed by atoms with van der Waals surface area (Å²) in [4.78, 5) is 6.44. The lowest BCUT2D eigenvalue weighted by atomic mass is 10.1. The Bertz CT molecular complexity index is 1140. The van der Waals surface area contributed by atoms with E-state index >= 15 is 0 Å². The molecule has 0 fully saturated rings. The first-order valence-corrected chi connectivity index (χ1v) is 10.6. The van der Waals surface area contributed by atoms with Crippen molar-refractivity contribution >= 4 is 11.3 Å². The summed E-state index contributed by atoms with van der Waals surface area (Å²) in [5.74, 6) is 1.31. The summed E-state index contributed by atoms with van der Waals surface area (Å²) in [5.41, 5.74) is 11.5. The summed E-state index contributed by atoms with van der Waals surface area (Å²) in [7, 11) is 4.21. The number of aryl methyl sites for hydroxylation is 1. The van der Waals surface area contributed by atoms with Crippen molar-refractivity contribution in [2.24, 2.45) is 0 Å². The molecule has 2 aromatic heterocycles. The molecule has 0 aliphatic carbocycles. The minimum atomic E-state index is 0.486. The van der Waals surface area contributed by atoms with Crippen molar-refractivity contribution in [2.75, 3.05) is 26.4 Å². The number of hydrogen-bond donors (Lipinski definition) is 1. The predicted molar refractivity (Wildman–Crippen MR) is 125 cm³/mol. The maximum atomic E-state index is 6.27. The molecule has 0 aliphatic heterocycles. The van der Waals surface area contributed by atoms with Crippen LogP contribution < -0.4 is 10.5 Å². The van der Waals surface area contributed by atoms with Crippen molar-refractivity contribution in [2.45, 2.75) is 25.9 Å². The average molecular weight is 416 g/mol. The highest BCUT2D eigenvalue weighted by Crippen LogP contribution is 2.32. The molecule has 2 N–H and O–H groups in total. The summed E-state index contributed by atoms with van der Waals surface area (Å²) in [6.07, 6.45) is 4.69. The molecule has 4 aromatic rings. The predicted octanol–water partition coefficient (Wildman–Crippen LogP) is 4.44. The van der Waals surface area contributed by atoms with E-state index < -0.39 is 0 Å². The lowest BCUT2D eigenvalue weighted by Gasteiger charge is -2.08.